The summed E-state index contributed by atoms with van der Waals surface area (Å²) >= 11 is 0. The maximum Gasteiger partial charge on any atom is 0.490 e. The molecule has 4 unspecified atom stereocenters. The van der Waals surface area contributed by atoms with E-state index in [0.717, 1.165) is 21.5 Å². The molecular formula is C78H82N8O42P6. The number of benzene rings is 6. The SMILES string of the molecule is O=C(CCCCCNC(=O)c1ccc(-c2c3ccc(=O)cc-3oc3cc(O)ccc23)c(C(=O)O)c1)NC/C=C/c1cn([C@H]2C[C@H](O)[C@@H](COP(=O)(O)OP(=O)(O)OP(=O)(O)O)O2)c(=O)[nH]c1=O.O=C(CCCCCNC(=O)c1ccc(C(=O)O)c(-c2c3ccc(=O)cc-3oc3cc(O)ccc23)c1)NC/C=C/c1cn([C@H]2C[C@H](O)[C@@H](COP(=O)(O)OP(=O)(O)OP(=O)(O)O)O2)c(=O)[nH]c1=O. The molecule has 4 amide bonds. The fourth-order valence-corrected chi connectivity index (χ4v) is 19.9. The number of hydrogen-bond donors (Lipinski definition) is 20. The molecule has 134 heavy (non-hydrogen) atoms. The van der Waals surface area contributed by atoms with Crippen LogP contribution in [0.3, 0.4) is 0 Å². The molecule has 50 nitrogen and oxygen atoms in total. The topological polar surface area (TPSA) is 780 Å². The average molecular weight is 1990 g/mol. The van der Waals surface area contributed by atoms with E-state index in [9.17, 15) is 135 Å². The Hall–Kier alpha value is -11.8. The number of aromatic amines is 2. The van der Waals surface area contributed by atoms with E-state index >= 15 is 0 Å². The van der Waals surface area contributed by atoms with Gasteiger partial charge in [-0.15, -0.1) is 0 Å². The Morgan fingerprint density at radius 3 is 1.27 bits per heavy atom. The molecule has 6 heterocycles. The molecule has 56 heteroatoms. The number of ether oxygens (including phenoxy) is 2. The predicted octanol–water partition coefficient (Wildman–Crippen LogP) is 5.86. The van der Waals surface area contributed by atoms with Crippen molar-refractivity contribution in [2.24, 2.45) is 0 Å². The smallest absolute Gasteiger partial charge is 0.490 e. The molecule has 0 bridgehead atoms. The first kappa shape index (κ1) is 103. The Balaban J connectivity index is 0.000000258. The van der Waals surface area contributed by atoms with Gasteiger partial charge >= 0.3 is 70.3 Å². The maximum absolute atomic E-state index is 13.2. The number of carbonyl (C=O) groups excluding carboxylic acids is 4. The second-order valence-electron chi connectivity index (χ2n) is 29.4. The number of aliphatic hydroxyl groups excluding tert-OH is 2. The standard InChI is InChI=1S/2C39H41N4O21P3/c44-23-8-11-26-30(16-23)61-31-17-24(45)9-12-27(31)35(26)28-15-21(7-10-25(28)38(50)51)36(48)41-13-3-1-2-6-33(47)40-14-4-5-22-19-43(39(52)42-37(22)49)34-18-29(46)32(62-34)20-60-66(56,57)64-67(58,59)63-65(53,54)55;44-23-8-11-26-30(16-23)61-31-17-24(45)9-12-27(31)35(26)25-10-7-21(15-28(25)38(50)51)36(48)41-13-3-1-2-6-33(47)40-14-4-5-22-19-43(39(52)42-37(22)49)34-18-29(46)32(62-34)20-60-66(56,57)64-67(58,59)63-65(53,54)55/h2*4-5,7-12,15-17,19,29,32,34,44,46H,1-3,6,13-14,18,20H2,(H,40,47)(H,41,48)(H,50,51)(H,56,57)(H,58,59)(H,42,49,52)(H2,53,54,55)/b2*5-4+/t2*29-,32+,34+/m00/s1. The predicted molar refractivity (Wildman–Crippen MR) is 463 cm³/mol. The number of hydrogen-bond acceptors (Lipinski definition) is 32. The number of phenols is 2. The minimum absolute atomic E-state index is 0.0249. The van der Waals surface area contributed by atoms with E-state index in [0.29, 0.717) is 71.6 Å². The zero-order valence-electron chi connectivity index (χ0n) is 68.9. The van der Waals surface area contributed by atoms with Crippen molar-refractivity contribution in [3.8, 4) is 56.4 Å². The number of carbonyl (C=O) groups is 6. The molecule has 4 aromatic carbocycles. The number of H-pyrrole nitrogens is 2. The van der Waals surface area contributed by atoms with Crippen LogP contribution in [0.15, 0.2) is 171 Å². The minimum atomic E-state index is -5.79. The molecule has 20 N–H and O–H groups in total. The van der Waals surface area contributed by atoms with Crippen LogP contribution >= 0.6 is 46.9 Å². The van der Waals surface area contributed by atoms with Gasteiger partial charge in [-0.05, 0) is 116 Å². The quantitative estimate of drug-likeness (QED) is 0.0121. The lowest BCUT2D eigenvalue weighted by Crippen LogP contribution is -2.33. The zero-order valence-corrected chi connectivity index (χ0v) is 74.3. The molecule has 6 aliphatic rings. The molecule has 2 aliphatic carbocycles. The van der Waals surface area contributed by atoms with Crippen molar-refractivity contribution in [1.82, 2.24) is 40.4 Å². The highest BCUT2D eigenvalue weighted by atomic mass is 31.3. The molecule has 0 spiro atoms. The molecule has 716 valence electrons. The summed E-state index contributed by atoms with van der Waals surface area (Å²) in [4.78, 5) is 227. The molecule has 12 rings (SSSR count). The normalized spacial score (nSPS) is 18.2. The van der Waals surface area contributed by atoms with Crippen LogP contribution in [0.4, 0.5) is 0 Å². The minimum Gasteiger partial charge on any atom is -0.508 e. The third kappa shape index (κ3) is 28.2. The highest BCUT2D eigenvalue weighted by Gasteiger charge is 2.46. The van der Waals surface area contributed by atoms with Gasteiger partial charge < -0.3 is 109 Å². The maximum atomic E-state index is 13.2. The molecule has 6 aromatic rings. The van der Waals surface area contributed by atoms with E-state index in [4.69, 9.17) is 37.9 Å². The lowest BCUT2D eigenvalue weighted by molar-refractivity contribution is -0.121. The summed E-state index contributed by atoms with van der Waals surface area (Å²) in [5, 5.41) is 72.9. The van der Waals surface area contributed by atoms with Crippen molar-refractivity contribution < 1.29 is 171 Å². The summed E-state index contributed by atoms with van der Waals surface area (Å²) in [6.45, 7) is -1.58. The number of phosphoric ester groups is 2. The van der Waals surface area contributed by atoms with Gasteiger partial charge in [0.25, 0.3) is 22.9 Å². The summed E-state index contributed by atoms with van der Waals surface area (Å²) in [7, 11) is -33.9. The fraction of sp³-hybridized carbons (Fsp3) is 0.282. The van der Waals surface area contributed by atoms with Crippen LogP contribution in [-0.4, -0.2) is 188 Å². The first-order valence-electron chi connectivity index (χ1n) is 39.5. The van der Waals surface area contributed by atoms with Crippen molar-refractivity contribution >= 4 is 117 Å². The fourth-order valence-electron chi connectivity index (χ4n) is 13.8. The van der Waals surface area contributed by atoms with Crippen LogP contribution in [0.25, 0.3) is 79.0 Å². The number of nitrogens with zero attached hydrogens (tertiary/aromatic N) is 2. The molecule has 0 saturated carbocycles. The number of phenolic OH excluding ortho intramolecular Hbond substituents is 2. The second-order valence-corrected chi connectivity index (χ2v) is 38.3. The van der Waals surface area contributed by atoms with E-state index in [-0.39, 0.29) is 153 Å². The van der Waals surface area contributed by atoms with Gasteiger partial charge in [-0.2, -0.15) is 17.2 Å². The first-order valence-corrected chi connectivity index (χ1v) is 48.5. The number of rotatable bonds is 40. The molecule has 4 aliphatic heterocycles. The number of phosphoric acid groups is 6. The Kier molecular flexibility index (Phi) is 33.5. The number of nitrogens with one attached hydrogen (secondary N) is 6. The van der Waals surface area contributed by atoms with Gasteiger partial charge in [-0.1, -0.05) is 43.2 Å². The van der Waals surface area contributed by atoms with Crippen molar-refractivity contribution in [2.75, 3.05) is 39.4 Å². The Morgan fingerprint density at radius 1 is 0.448 bits per heavy atom. The van der Waals surface area contributed by atoms with E-state index in [2.05, 4.69) is 57.5 Å². The largest absolute Gasteiger partial charge is 0.508 e. The van der Waals surface area contributed by atoms with E-state index < -0.39 is 143 Å². The monoisotopic (exact) mass is 1990 g/mol. The summed E-state index contributed by atoms with van der Waals surface area (Å²) in [6.07, 6.45) is 1.82. The summed E-state index contributed by atoms with van der Waals surface area (Å²) in [6, 6.07) is 25.0. The highest BCUT2D eigenvalue weighted by Crippen LogP contribution is 2.68. The number of aromatic hydroxyl groups is 2. The van der Waals surface area contributed by atoms with Crippen molar-refractivity contribution in [1.29, 1.82) is 0 Å². The molecule has 10 atom stereocenters. The van der Waals surface area contributed by atoms with Crippen LogP contribution in [0.1, 0.15) is 129 Å². The van der Waals surface area contributed by atoms with E-state index in [1.165, 1.54) is 121 Å². The van der Waals surface area contributed by atoms with Gasteiger partial charge in [-0.25, -0.2) is 46.6 Å². The van der Waals surface area contributed by atoms with Crippen LogP contribution in [0.5, 0.6) is 11.5 Å². The van der Waals surface area contributed by atoms with Gasteiger partial charge in [0.15, 0.2) is 10.9 Å². The summed E-state index contributed by atoms with van der Waals surface area (Å²) in [5.41, 5.74) is -1.94. The van der Waals surface area contributed by atoms with Gasteiger partial charge in [0.1, 0.15) is 58.8 Å². The van der Waals surface area contributed by atoms with Crippen molar-refractivity contribution in [2.45, 2.75) is 101 Å². The third-order valence-electron chi connectivity index (χ3n) is 19.7. The molecule has 2 aromatic heterocycles. The molecular weight excluding hydrogens is 1910 g/mol. The lowest BCUT2D eigenvalue weighted by atomic mass is 9.89. The second kappa shape index (κ2) is 43.7. The third-order valence-corrected chi connectivity index (χ3v) is 27.3. The summed E-state index contributed by atoms with van der Waals surface area (Å²) < 4.78 is 117. The molecule has 2 fully saturated rings. The van der Waals surface area contributed by atoms with E-state index in [1.54, 1.807) is 12.1 Å². The lowest BCUT2D eigenvalue weighted by Gasteiger charge is -2.19. The Morgan fingerprint density at radius 2 is 0.851 bits per heavy atom. The van der Waals surface area contributed by atoms with Gasteiger partial charge in [-0.3, -0.25) is 66.5 Å². The number of amides is 4. The Labute approximate surface area is 750 Å². The zero-order chi connectivity index (χ0) is 97.7. The molecule has 2 saturated heterocycles. The van der Waals surface area contributed by atoms with Crippen LogP contribution in [-0.2, 0) is 72.7 Å². The number of aliphatic hydroxyl groups is 2. The Bertz CT molecular complexity index is 6870. The number of aromatic nitrogens is 4. The highest BCUT2D eigenvalue weighted by molar-refractivity contribution is 7.67. The van der Waals surface area contributed by atoms with Gasteiger partial charge in [0.2, 0.25) is 11.8 Å². The van der Waals surface area contributed by atoms with Crippen LogP contribution in [0.2, 0.25) is 0 Å². The number of carboxylic acids is 2. The number of carboxylic acid groups (broad SMARTS) is 2. The first-order chi connectivity index (χ1) is 63.0. The van der Waals surface area contributed by atoms with Crippen molar-refractivity contribution in [3.63, 3.8) is 0 Å². The summed E-state index contributed by atoms with van der Waals surface area (Å²) in [5.74, 6) is -4.15. The molecule has 0 radical (unpaired) electrons. The van der Waals surface area contributed by atoms with Crippen LogP contribution < -0.4 is 54.6 Å². The van der Waals surface area contributed by atoms with Gasteiger partial charge in [0.05, 0.1) is 47.7 Å². The number of aromatic carboxylic acids is 2. The van der Waals surface area contributed by atoms with Crippen LogP contribution in [0, 0.1) is 0 Å². The van der Waals surface area contributed by atoms with Crippen molar-refractivity contribution in [3.05, 3.63) is 229 Å². The number of fused-ring (bicyclic) bond motifs is 4. The van der Waals surface area contributed by atoms with E-state index in [1.807, 2.05) is 0 Å². The average Bonchev–Trinajstić information content (AvgIpc) is 0.889. The van der Waals surface area contributed by atoms with Gasteiger partial charge in [0, 0.05) is 133 Å². The number of unbranched alkanes of at least 4 members (excludes halogenated alkanes) is 4.